The van der Waals surface area contributed by atoms with Crippen molar-refractivity contribution < 1.29 is 14.0 Å². The largest absolute Gasteiger partial charge is 0.322 e. The van der Waals surface area contributed by atoms with E-state index in [-0.39, 0.29) is 30.3 Å². The molecule has 3 aromatic carbocycles. The number of carbonyl (C=O) groups is 2. The summed E-state index contributed by atoms with van der Waals surface area (Å²) in [7, 11) is 0. The number of anilines is 2. The second-order valence-electron chi connectivity index (χ2n) is 9.66. The Morgan fingerprint density at radius 2 is 1.62 bits per heavy atom. The molecule has 6 nitrogen and oxygen atoms in total. The maximum absolute atomic E-state index is 14.1. The van der Waals surface area contributed by atoms with E-state index in [0.29, 0.717) is 5.69 Å². The number of nitrogens with zero attached hydrogens (tertiary/aromatic N) is 3. The van der Waals surface area contributed by atoms with Crippen molar-refractivity contribution in [2.45, 2.75) is 31.8 Å². The molecule has 4 aromatic rings. The summed E-state index contributed by atoms with van der Waals surface area (Å²) in [4.78, 5) is 30.8. The van der Waals surface area contributed by atoms with Crippen molar-refractivity contribution in [1.82, 2.24) is 9.47 Å². The van der Waals surface area contributed by atoms with Crippen molar-refractivity contribution in [3.8, 4) is 5.69 Å². The highest BCUT2D eigenvalue weighted by atomic mass is 19.1. The first-order valence-corrected chi connectivity index (χ1v) is 12.5. The lowest BCUT2D eigenvalue weighted by atomic mass is 9.97. The van der Waals surface area contributed by atoms with Gasteiger partial charge in [0.15, 0.2) is 0 Å². The number of carbonyl (C=O) groups excluding carboxylic acids is 2. The quantitative estimate of drug-likeness (QED) is 0.367. The zero-order chi connectivity index (χ0) is 25.5. The van der Waals surface area contributed by atoms with Crippen LogP contribution in [0.1, 0.15) is 35.7 Å². The summed E-state index contributed by atoms with van der Waals surface area (Å²) in [5, 5.41) is 2.95. The van der Waals surface area contributed by atoms with Crippen molar-refractivity contribution in [3.05, 3.63) is 114 Å². The maximum atomic E-state index is 14.1. The number of benzene rings is 3. The average Bonchev–Trinajstić information content (AvgIpc) is 3.63. The number of hydrogen-bond acceptors (Lipinski definition) is 2. The predicted molar refractivity (Wildman–Crippen MR) is 141 cm³/mol. The number of urea groups is 1. The van der Waals surface area contributed by atoms with Crippen LogP contribution in [-0.2, 0) is 4.79 Å². The number of hydrogen-bond donors (Lipinski definition) is 1. The van der Waals surface area contributed by atoms with E-state index >= 15 is 0 Å². The number of amides is 3. The third-order valence-corrected chi connectivity index (χ3v) is 7.03. The van der Waals surface area contributed by atoms with E-state index in [4.69, 9.17) is 0 Å². The molecule has 1 aliphatic heterocycles. The summed E-state index contributed by atoms with van der Waals surface area (Å²) < 4.78 is 15.9. The number of nitrogens with one attached hydrogen (secondary N) is 1. The second-order valence-corrected chi connectivity index (χ2v) is 9.66. The molecule has 1 aromatic heterocycles. The molecule has 1 N–H and O–H groups in total. The molecule has 37 heavy (non-hydrogen) atoms. The molecule has 0 radical (unpaired) electrons. The number of halogens is 1. The monoisotopic (exact) mass is 494 g/mol. The first-order chi connectivity index (χ1) is 18.0. The molecular formula is C30H27FN4O2. The molecule has 0 saturated heterocycles. The summed E-state index contributed by atoms with van der Waals surface area (Å²) in [5.41, 5.74) is 5.13. The van der Waals surface area contributed by atoms with E-state index in [1.807, 2.05) is 73.8 Å². The van der Waals surface area contributed by atoms with Crippen molar-refractivity contribution >= 4 is 23.3 Å². The first kappa shape index (κ1) is 23.0. The number of rotatable bonds is 5. The lowest BCUT2D eigenvalue weighted by Gasteiger charge is -2.39. The number of para-hydroxylation sites is 2. The smallest absolute Gasteiger partial charge is 0.316 e. The molecule has 6 rings (SSSR count). The number of aryl methyl sites for hydroxylation is 1. The molecule has 7 heteroatoms. The van der Waals surface area contributed by atoms with Gasteiger partial charge in [-0.05, 0) is 73.9 Å². The van der Waals surface area contributed by atoms with Crippen LogP contribution in [0.2, 0.25) is 0 Å². The predicted octanol–water partition coefficient (Wildman–Crippen LogP) is 6.06. The average molecular weight is 495 g/mol. The third-order valence-electron chi connectivity index (χ3n) is 7.03. The first-order valence-electron chi connectivity index (χ1n) is 12.5. The van der Waals surface area contributed by atoms with E-state index < -0.39 is 6.04 Å². The van der Waals surface area contributed by atoms with Crippen LogP contribution < -0.4 is 10.2 Å². The number of aromatic nitrogens is 1. The Kier molecular flexibility index (Phi) is 5.75. The highest BCUT2D eigenvalue weighted by Gasteiger charge is 2.40. The maximum Gasteiger partial charge on any atom is 0.322 e. The molecule has 0 bridgehead atoms. The lowest BCUT2D eigenvalue weighted by Crippen LogP contribution is -2.48. The Hall–Kier alpha value is -4.39. The zero-order valence-electron chi connectivity index (χ0n) is 20.5. The molecule has 1 unspecified atom stereocenters. The van der Waals surface area contributed by atoms with Crippen LogP contribution in [0.25, 0.3) is 5.69 Å². The van der Waals surface area contributed by atoms with Crippen LogP contribution in [0.5, 0.6) is 0 Å². The summed E-state index contributed by atoms with van der Waals surface area (Å²) in [6.07, 6.45) is 3.71. The highest BCUT2D eigenvalue weighted by Crippen LogP contribution is 2.42. The molecule has 1 fully saturated rings. The third kappa shape index (κ3) is 4.37. The Morgan fingerprint density at radius 1 is 0.919 bits per heavy atom. The van der Waals surface area contributed by atoms with Gasteiger partial charge in [0.05, 0.1) is 17.1 Å². The van der Waals surface area contributed by atoms with Crippen molar-refractivity contribution in [1.29, 1.82) is 0 Å². The fourth-order valence-corrected chi connectivity index (χ4v) is 5.03. The summed E-state index contributed by atoms with van der Waals surface area (Å²) in [6, 6.07) is 24.8. The van der Waals surface area contributed by atoms with Gasteiger partial charge in [-0.3, -0.25) is 9.69 Å². The topological polar surface area (TPSA) is 57.6 Å². The van der Waals surface area contributed by atoms with Gasteiger partial charge >= 0.3 is 6.03 Å². The van der Waals surface area contributed by atoms with Crippen molar-refractivity contribution in [3.63, 3.8) is 0 Å². The molecular weight excluding hydrogens is 467 g/mol. The van der Waals surface area contributed by atoms with Gasteiger partial charge in [0.1, 0.15) is 18.4 Å². The highest BCUT2D eigenvalue weighted by molar-refractivity contribution is 6.01. The molecule has 186 valence electrons. The number of fused-ring (bicyclic) bond motifs is 3. The van der Waals surface area contributed by atoms with Gasteiger partial charge in [-0.1, -0.05) is 42.0 Å². The van der Waals surface area contributed by atoms with E-state index in [1.54, 1.807) is 21.9 Å². The van der Waals surface area contributed by atoms with Gasteiger partial charge in [0.2, 0.25) is 5.91 Å². The van der Waals surface area contributed by atoms with Gasteiger partial charge in [-0.15, -0.1) is 0 Å². The van der Waals surface area contributed by atoms with E-state index in [9.17, 15) is 14.0 Å². The van der Waals surface area contributed by atoms with Gasteiger partial charge < -0.3 is 14.8 Å². The standard InChI is InChI=1S/C30H27FN4O2/c1-20-8-14-23(15-9-20)32-30(37)34(24-16-17-24)19-28(36)35-26-6-3-2-5-25(26)33-18-4-7-27(33)29(35)21-10-12-22(31)13-11-21/h2-15,18,24,29H,16-17,19H2,1H3,(H,32,37). The Morgan fingerprint density at radius 3 is 2.32 bits per heavy atom. The summed E-state index contributed by atoms with van der Waals surface area (Å²) in [5.74, 6) is -0.527. The summed E-state index contributed by atoms with van der Waals surface area (Å²) >= 11 is 0. The fraction of sp³-hybridized carbons (Fsp3) is 0.200. The van der Waals surface area contributed by atoms with Gasteiger partial charge in [0.25, 0.3) is 0 Å². The van der Waals surface area contributed by atoms with Crippen LogP contribution in [0, 0.1) is 12.7 Å². The molecule has 0 spiro atoms. The zero-order valence-corrected chi connectivity index (χ0v) is 20.5. The Balaban J connectivity index is 1.35. The summed E-state index contributed by atoms with van der Waals surface area (Å²) in [6.45, 7) is 1.93. The Labute approximate surface area is 214 Å². The molecule has 1 saturated carbocycles. The van der Waals surface area contributed by atoms with Crippen LogP contribution >= 0.6 is 0 Å². The van der Waals surface area contributed by atoms with Gasteiger partial charge in [-0.2, -0.15) is 0 Å². The molecule has 1 atom stereocenters. The lowest BCUT2D eigenvalue weighted by molar-refractivity contribution is -0.119. The van der Waals surface area contributed by atoms with Crippen molar-refractivity contribution in [2.75, 3.05) is 16.8 Å². The van der Waals surface area contributed by atoms with Crippen LogP contribution in [0.3, 0.4) is 0 Å². The Bertz CT molecular complexity index is 1460. The van der Waals surface area contributed by atoms with Crippen LogP contribution in [0.15, 0.2) is 91.1 Å². The minimum atomic E-state index is -0.459. The minimum absolute atomic E-state index is 0.0302. The molecule has 1 aliphatic carbocycles. The van der Waals surface area contributed by atoms with Gasteiger partial charge in [-0.25, -0.2) is 9.18 Å². The molecule has 3 amide bonds. The van der Waals surface area contributed by atoms with E-state index in [2.05, 4.69) is 9.88 Å². The SMILES string of the molecule is Cc1ccc(NC(=O)N(CC(=O)N2c3ccccc3-n3cccc3C2c2ccc(F)cc2)C2CC2)cc1. The van der Waals surface area contributed by atoms with E-state index in [0.717, 1.165) is 41.0 Å². The van der Waals surface area contributed by atoms with Crippen LogP contribution in [-0.4, -0.2) is 34.0 Å². The van der Waals surface area contributed by atoms with Crippen LogP contribution in [0.4, 0.5) is 20.6 Å². The second kappa shape index (κ2) is 9.24. The van der Waals surface area contributed by atoms with Gasteiger partial charge in [0, 0.05) is 17.9 Å². The fourth-order valence-electron chi connectivity index (χ4n) is 5.03. The normalized spacial score (nSPS) is 16.1. The minimum Gasteiger partial charge on any atom is -0.316 e. The van der Waals surface area contributed by atoms with Crippen molar-refractivity contribution in [2.24, 2.45) is 0 Å². The molecule has 2 heterocycles. The molecule has 2 aliphatic rings. The van der Waals surface area contributed by atoms with E-state index in [1.165, 1.54) is 12.1 Å².